The quantitative estimate of drug-likeness (QED) is 0.309. The third kappa shape index (κ3) is 3.25. The molecule has 96 valence electrons. The Balaban J connectivity index is 3.68. The number of hydrogen-bond donors (Lipinski definition) is 2. The fraction of sp³-hybridized carbons (Fsp3) is 0. The Morgan fingerprint density at radius 2 is 1.33 bits per heavy atom. The average Bonchev–Trinajstić information content (AvgIpc) is 2.30. The highest BCUT2D eigenvalue weighted by Crippen LogP contribution is 2.38. The molecule has 0 unspecified atom stereocenters. The molecule has 0 aliphatic rings. The highest BCUT2D eigenvalue weighted by Gasteiger charge is 2.23. The van der Waals surface area contributed by atoms with Gasteiger partial charge in [-0.1, -0.05) is 0 Å². The lowest BCUT2D eigenvalue weighted by molar-refractivity contribution is -0.106. The van der Waals surface area contributed by atoms with E-state index in [2.05, 4.69) is 10.6 Å². The monoisotopic (exact) mass is 604 g/mol. The van der Waals surface area contributed by atoms with Crippen molar-refractivity contribution >= 4 is 109 Å². The van der Waals surface area contributed by atoms with Crippen LogP contribution in [0.1, 0.15) is 10.4 Å². The van der Waals surface area contributed by atoms with Crippen molar-refractivity contribution in [2.45, 2.75) is 0 Å². The summed E-state index contributed by atoms with van der Waals surface area (Å²) in [6.45, 7) is 0. The van der Waals surface area contributed by atoms with E-state index in [1.54, 1.807) is 0 Å². The first-order chi connectivity index (χ1) is 8.45. The lowest BCUT2D eigenvalue weighted by atomic mass is 10.2. The lowest BCUT2D eigenvalue weighted by Crippen LogP contribution is -2.11. The van der Waals surface area contributed by atoms with E-state index in [0.29, 0.717) is 34.9 Å². The van der Waals surface area contributed by atoms with Gasteiger partial charge in [-0.3, -0.25) is 14.4 Å². The van der Waals surface area contributed by atoms with Crippen LogP contribution in [0.25, 0.3) is 0 Å². The van der Waals surface area contributed by atoms with Crippen molar-refractivity contribution < 1.29 is 14.4 Å². The van der Waals surface area contributed by atoms with Gasteiger partial charge in [0, 0.05) is 0 Å². The summed E-state index contributed by atoms with van der Waals surface area (Å²) in [5, 5.41) is 4.35. The van der Waals surface area contributed by atoms with Crippen molar-refractivity contribution in [3.05, 3.63) is 16.3 Å². The largest absolute Gasteiger partial charge is 0.327 e. The van der Waals surface area contributed by atoms with Crippen LogP contribution in [0.15, 0.2) is 0 Å². The fourth-order valence-electron chi connectivity index (χ4n) is 1.21. The number of amides is 2. The van der Waals surface area contributed by atoms with Crippen LogP contribution in [0.2, 0.25) is 0 Å². The minimum atomic E-state index is -0.650. The maximum absolute atomic E-state index is 11.4. The number of nitrogens with one attached hydrogen (secondary N) is 2. The number of anilines is 2. The summed E-state index contributed by atoms with van der Waals surface area (Å²) in [7, 11) is 0. The molecule has 9 heteroatoms. The second-order valence-electron chi connectivity index (χ2n) is 2.87. The van der Waals surface area contributed by atoms with Gasteiger partial charge in [-0.05, 0) is 79.4 Å². The van der Waals surface area contributed by atoms with Crippen LogP contribution in [0.3, 0.4) is 0 Å². The Kier molecular flexibility index (Phi) is 6.54. The number of carbonyl (C=O) groups is 3. The molecule has 0 saturated carbocycles. The molecule has 0 aliphatic carbocycles. The molecule has 0 heterocycles. The van der Waals surface area contributed by atoms with Crippen molar-refractivity contribution in [2.24, 2.45) is 0 Å². The first kappa shape index (κ1) is 16.4. The Hall–Kier alpha value is 0.310. The molecule has 0 aliphatic heterocycles. The number of benzene rings is 1. The highest BCUT2D eigenvalue weighted by molar-refractivity contribution is 14.1. The van der Waals surface area contributed by atoms with E-state index in [4.69, 9.17) is 11.6 Å². The van der Waals surface area contributed by atoms with E-state index in [1.165, 1.54) is 0 Å². The second-order valence-corrected chi connectivity index (χ2v) is 6.44. The maximum Gasteiger partial charge on any atom is 0.254 e. The van der Waals surface area contributed by atoms with Gasteiger partial charge in [0.25, 0.3) is 5.24 Å². The van der Waals surface area contributed by atoms with Crippen LogP contribution in [0, 0.1) is 10.7 Å². The summed E-state index contributed by atoms with van der Waals surface area (Å²) in [5.41, 5.74) is 1.15. The van der Waals surface area contributed by atoms with E-state index in [1.807, 2.05) is 67.8 Å². The van der Waals surface area contributed by atoms with E-state index < -0.39 is 5.24 Å². The maximum atomic E-state index is 11.4. The zero-order chi connectivity index (χ0) is 13.9. The zero-order valence-electron chi connectivity index (χ0n) is 8.39. The smallest absolute Gasteiger partial charge is 0.254 e. The number of hydrogen-bond acceptors (Lipinski definition) is 3. The Bertz CT molecular complexity index is 499. The molecule has 5 nitrogen and oxygen atoms in total. The topological polar surface area (TPSA) is 75.3 Å². The Morgan fingerprint density at radius 1 is 0.944 bits per heavy atom. The molecule has 0 aromatic heterocycles. The molecule has 0 atom stereocenters. The van der Waals surface area contributed by atoms with Gasteiger partial charge in [-0.15, -0.1) is 0 Å². The molecule has 0 spiro atoms. The highest BCUT2D eigenvalue weighted by atomic mass is 127. The van der Waals surface area contributed by atoms with Gasteiger partial charge in [0.1, 0.15) is 0 Å². The molecule has 0 bridgehead atoms. The van der Waals surface area contributed by atoms with Gasteiger partial charge in [-0.2, -0.15) is 0 Å². The van der Waals surface area contributed by atoms with Gasteiger partial charge in [0.15, 0.2) is 0 Å². The summed E-state index contributed by atoms with van der Waals surface area (Å²) in [6, 6.07) is 0. The predicted molar refractivity (Wildman–Crippen MR) is 94.1 cm³/mol. The van der Waals surface area contributed by atoms with E-state index in [0.717, 1.165) is 0 Å². The molecule has 0 radical (unpaired) electrons. The fourth-order valence-corrected chi connectivity index (χ4v) is 5.99. The van der Waals surface area contributed by atoms with Crippen molar-refractivity contribution in [1.29, 1.82) is 0 Å². The standard InChI is InChI=1S/C9H4ClI3N2O3/c10-9(18)3-4(11)7(14-1-16)6(13)8(5(3)12)15-2-17/h1-2H,(H,14,16)(H,15,17). The molecule has 1 aromatic rings. The van der Waals surface area contributed by atoms with E-state index >= 15 is 0 Å². The number of carbonyl (C=O) groups excluding carboxylic acids is 3. The van der Waals surface area contributed by atoms with E-state index in [-0.39, 0.29) is 5.56 Å². The Morgan fingerprint density at radius 3 is 1.61 bits per heavy atom. The van der Waals surface area contributed by atoms with Crippen LogP contribution in [-0.2, 0) is 9.59 Å². The third-order valence-corrected chi connectivity index (χ3v) is 5.35. The summed E-state index contributed by atoms with van der Waals surface area (Å²) >= 11 is 11.3. The van der Waals surface area contributed by atoms with Gasteiger partial charge in [-0.25, -0.2) is 0 Å². The van der Waals surface area contributed by atoms with Crippen molar-refractivity contribution in [1.82, 2.24) is 0 Å². The van der Waals surface area contributed by atoms with Gasteiger partial charge in [0.2, 0.25) is 12.8 Å². The molecule has 2 amide bonds. The summed E-state index contributed by atoms with van der Waals surface area (Å²) in [6.07, 6.45) is 0.999. The van der Waals surface area contributed by atoms with Gasteiger partial charge >= 0.3 is 0 Å². The van der Waals surface area contributed by atoms with E-state index in [9.17, 15) is 14.4 Å². The first-order valence-corrected chi connectivity index (χ1v) is 7.87. The first-order valence-electron chi connectivity index (χ1n) is 4.26. The van der Waals surface area contributed by atoms with Gasteiger partial charge in [0.05, 0.1) is 27.6 Å². The minimum Gasteiger partial charge on any atom is -0.327 e. The van der Waals surface area contributed by atoms with Crippen LogP contribution >= 0.6 is 79.4 Å². The zero-order valence-corrected chi connectivity index (χ0v) is 15.6. The molecule has 1 rings (SSSR count). The molecule has 1 aromatic carbocycles. The van der Waals surface area contributed by atoms with Gasteiger partial charge < -0.3 is 10.6 Å². The minimum absolute atomic E-state index is 0.256. The molecular weight excluding hydrogens is 600 g/mol. The summed E-state index contributed by atoms with van der Waals surface area (Å²) in [5.74, 6) is 0. The molecule has 0 saturated heterocycles. The molecule has 0 fully saturated rings. The average molecular weight is 604 g/mol. The predicted octanol–water partition coefficient (Wildman–Crippen LogP) is 3.02. The van der Waals surface area contributed by atoms with Crippen LogP contribution < -0.4 is 10.6 Å². The third-order valence-electron chi connectivity index (χ3n) is 1.92. The normalized spacial score (nSPS) is 9.78. The lowest BCUT2D eigenvalue weighted by Gasteiger charge is -2.16. The number of rotatable bonds is 5. The molecule has 2 N–H and O–H groups in total. The van der Waals surface area contributed by atoms with Crippen LogP contribution in [0.5, 0.6) is 0 Å². The SMILES string of the molecule is O=CNc1c(I)c(NC=O)c(I)c(C(=O)Cl)c1I. The van der Waals surface area contributed by atoms with Crippen LogP contribution in [0.4, 0.5) is 11.4 Å². The van der Waals surface area contributed by atoms with Crippen molar-refractivity contribution in [3.8, 4) is 0 Å². The van der Waals surface area contributed by atoms with Crippen molar-refractivity contribution in [2.75, 3.05) is 10.6 Å². The molecular formula is C9H4ClI3N2O3. The summed E-state index contributed by atoms with van der Waals surface area (Å²) < 4.78 is 1.69. The molecule has 18 heavy (non-hydrogen) atoms. The second kappa shape index (κ2) is 7.19. The Labute approximate surface area is 148 Å². The van der Waals surface area contributed by atoms with Crippen LogP contribution in [-0.4, -0.2) is 18.1 Å². The number of halogens is 4. The summed E-state index contributed by atoms with van der Waals surface area (Å²) in [4.78, 5) is 32.6. The van der Waals surface area contributed by atoms with Crippen molar-refractivity contribution in [3.63, 3.8) is 0 Å².